The number of nitrogens with one attached hydrogen (secondary N) is 3. The van der Waals surface area contributed by atoms with Crippen LogP contribution in [-0.4, -0.2) is 36.5 Å². The number of hydrogen-bond donors (Lipinski definition) is 3. The SMILES string of the molecule is CCNC(=NCc1cccc(Cl)c1)NCc1cccc(NC(=O)N2CCCC2)c1. The molecule has 1 heterocycles. The van der Waals surface area contributed by atoms with E-state index in [1.54, 1.807) is 0 Å². The molecule has 3 rings (SSSR count). The number of amides is 2. The maximum Gasteiger partial charge on any atom is 0.321 e. The van der Waals surface area contributed by atoms with Gasteiger partial charge in [-0.3, -0.25) is 0 Å². The summed E-state index contributed by atoms with van der Waals surface area (Å²) in [5.74, 6) is 0.735. The number of halogens is 1. The number of carbonyl (C=O) groups is 1. The topological polar surface area (TPSA) is 68.8 Å². The second kappa shape index (κ2) is 10.7. The first-order chi connectivity index (χ1) is 14.1. The van der Waals surface area contributed by atoms with Gasteiger partial charge in [-0.1, -0.05) is 35.9 Å². The third-order valence-electron chi connectivity index (χ3n) is 4.68. The van der Waals surface area contributed by atoms with E-state index < -0.39 is 0 Å². The summed E-state index contributed by atoms with van der Waals surface area (Å²) in [6.45, 7) is 5.62. The predicted octanol–water partition coefficient (Wildman–Crippen LogP) is 4.22. The van der Waals surface area contributed by atoms with Crippen LogP contribution in [0.5, 0.6) is 0 Å². The lowest BCUT2D eigenvalue weighted by atomic mass is 10.2. The van der Waals surface area contributed by atoms with Crippen molar-refractivity contribution in [2.45, 2.75) is 32.9 Å². The van der Waals surface area contributed by atoms with Crippen LogP contribution in [0.15, 0.2) is 53.5 Å². The normalized spacial score (nSPS) is 14.0. The molecule has 0 bridgehead atoms. The van der Waals surface area contributed by atoms with Gasteiger partial charge in [-0.2, -0.15) is 0 Å². The molecule has 29 heavy (non-hydrogen) atoms. The summed E-state index contributed by atoms with van der Waals surface area (Å²) in [5.41, 5.74) is 2.93. The second-order valence-corrected chi connectivity index (χ2v) is 7.44. The summed E-state index contributed by atoms with van der Waals surface area (Å²) >= 11 is 6.04. The number of benzene rings is 2. The van der Waals surface area contributed by atoms with Crippen molar-refractivity contribution in [1.29, 1.82) is 0 Å². The van der Waals surface area contributed by atoms with Crippen LogP contribution in [0.1, 0.15) is 30.9 Å². The van der Waals surface area contributed by atoms with Crippen molar-refractivity contribution >= 4 is 29.3 Å². The Labute approximate surface area is 177 Å². The molecule has 1 saturated heterocycles. The molecular formula is C22H28ClN5O. The fourth-order valence-corrected chi connectivity index (χ4v) is 3.43. The number of carbonyl (C=O) groups excluding carboxylic acids is 1. The number of aliphatic imine (C=N–C) groups is 1. The minimum Gasteiger partial charge on any atom is -0.357 e. The number of anilines is 1. The van der Waals surface area contributed by atoms with Gasteiger partial charge in [0.2, 0.25) is 0 Å². The van der Waals surface area contributed by atoms with E-state index in [9.17, 15) is 4.79 Å². The Hall–Kier alpha value is -2.73. The van der Waals surface area contributed by atoms with E-state index in [2.05, 4.69) is 20.9 Å². The molecule has 2 amide bonds. The fraction of sp³-hybridized carbons (Fsp3) is 0.364. The molecule has 154 valence electrons. The van der Waals surface area contributed by atoms with Crippen molar-refractivity contribution in [1.82, 2.24) is 15.5 Å². The zero-order valence-corrected chi connectivity index (χ0v) is 17.5. The van der Waals surface area contributed by atoms with E-state index in [1.807, 2.05) is 60.4 Å². The third-order valence-corrected chi connectivity index (χ3v) is 4.92. The minimum absolute atomic E-state index is 0.0240. The second-order valence-electron chi connectivity index (χ2n) is 7.00. The molecule has 1 aliphatic rings. The van der Waals surface area contributed by atoms with Crippen LogP contribution in [0.25, 0.3) is 0 Å². The van der Waals surface area contributed by atoms with Crippen molar-refractivity contribution in [3.8, 4) is 0 Å². The first-order valence-corrected chi connectivity index (χ1v) is 10.4. The highest BCUT2D eigenvalue weighted by atomic mass is 35.5. The molecule has 2 aromatic carbocycles. The van der Waals surface area contributed by atoms with Crippen molar-refractivity contribution in [2.75, 3.05) is 25.0 Å². The molecule has 2 aromatic rings. The highest BCUT2D eigenvalue weighted by molar-refractivity contribution is 6.30. The standard InChI is InChI=1S/C22H28ClN5O/c1-2-24-21(25-15-17-7-5-9-19(23)13-17)26-16-18-8-6-10-20(14-18)27-22(29)28-11-3-4-12-28/h5-10,13-14H,2-4,11-12,15-16H2,1H3,(H,27,29)(H2,24,25,26). The Balaban J connectivity index is 1.57. The quantitative estimate of drug-likeness (QED) is 0.490. The van der Waals surface area contributed by atoms with Crippen molar-refractivity contribution in [2.24, 2.45) is 4.99 Å². The fourth-order valence-electron chi connectivity index (χ4n) is 3.21. The van der Waals surface area contributed by atoms with Gasteiger partial charge in [0, 0.05) is 36.9 Å². The molecule has 0 spiro atoms. The Morgan fingerprint density at radius 2 is 1.83 bits per heavy atom. The first-order valence-electron chi connectivity index (χ1n) is 10.1. The largest absolute Gasteiger partial charge is 0.357 e. The van der Waals surface area contributed by atoms with Crippen LogP contribution >= 0.6 is 11.6 Å². The zero-order chi connectivity index (χ0) is 20.5. The number of likely N-dealkylation sites (tertiary alicyclic amines) is 1. The third kappa shape index (κ3) is 6.68. The van der Waals surface area contributed by atoms with Crippen LogP contribution in [0.4, 0.5) is 10.5 Å². The van der Waals surface area contributed by atoms with E-state index >= 15 is 0 Å². The molecule has 3 N–H and O–H groups in total. The molecule has 0 atom stereocenters. The molecule has 0 radical (unpaired) electrons. The average molecular weight is 414 g/mol. The maximum atomic E-state index is 12.3. The Bertz CT molecular complexity index is 849. The molecule has 1 aliphatic heterocycles. The van der Waals surface area contributed by atoms with Gasteiger partial charge in [-0.05, 0) is 55.2 Å². The van der Waals surface area contributed by atoms with Gasteiger partial charge < -0.3 is 20.9 Å². The van der Waals surface area contributed by atoms with Gasteiger partial charge >= 0.3 is 6.03 Å². The smallest absolute Gasteiger partial charge is 0.321 e. The lowest BCUT2D eigenvalue weighted by Gasteiger charge is -2.17. The van der Waals surface area contributed by atoms with Gasteiger partial charge in [0.1, 0.15) is 0 Å². The summed E-state index contributed by atoms with van der Waals surface area (Å²) in [6, 6.07) is 15.6. The van der Waals surface area contributed by atoms with E-state index in [-0.39, 0.29) is 6.03 Å². The molecule has 7 heteroatoms. The maximum absolute atomic E-state index is 12.3. The lowest BCUT2D eigenvalue weighted by molar-refractivity contribution is 0.222. The summed E-state index contributed by atoms with van der Waals surface area (Å²) < 4.78 is 0. The Morgan fingerprint density at radius 1 is 1.07 bits per heavy atom. The highest BCUT2D eigenvalue weighted by Gasteiger charge is 2.17. The first kappa shape index (κ1) is 21.0. The van der Waals surface area contributed by atoms with Crippen LogP contribution in [0.3, 0.4) is 0 Å². The van der Waals surface area contributed by atoms with Crippen LogP contribution in [0, 0.1) is 0 Å². The van der Waals surface area contributed by atoms with Crippen LogP contribution in [-0.2, 0) is 13.1 Å². The Kier molecular flexibility index (Phi) is 7.76. The molecule has 6 nitrogen and oxygen atoms in total. The highest BCUT2D eigenvalue weighted by Crippen LogP contribution is 2.14. The van der Waals surface area contributed by atoms with E-state index in [4.69, 9.17) is 11.6 Å². The average Bonchev–Trinajstić information content (AvgIpc) is 3.25. The number of urea groups is 1. The number of hydrogen-bond acceptors (Lipinski definition) is 2. The number of guanidine groups is 1. The minimum atomic E-state index is -0.0240. The Morgan fingerprint density at radius 3 is 2.59 bits per heavy atom. The van der Waals surface area contributed by atoms with Gasteiger partial charge in [-0.25, -0.2) is 9.79 Å². The number of rotatable bonds is 6. The van der Waals surface area contributed by atoms with Crippen molar-refractivity contribution in [3.63, 3.8) is 0 Å². The van der Waals surface area contributed by atoms with Crippen LogP contribution in [0.2, 0.25) is 5.02 Å². The van der Waals surface area contributed by atoms with Gasteiger partial charge in [0.05, 0.1) is 6.54 Å². The van der Waals surface area contributed by atoms with Gasteiger partial charge in [0.15, 0.2) is 5.96 Å². The van der Waals surface area contributed by atoms with E-state index in [0.29, 0.717) is 18.1 Å². The summed E-state index contributed by atoms with van der Waals surface area (Å²) in [6.07, 6.45) is 2.16. The summed E-state index contributed by atoms with van der Waals surface area (Å²) in [5, 5.41) is 10.3. The molecule has 1 fully saturated rings. The molecule has 0 unspecified atom stereocenters. The van der Waals surface area contributed by atoms with Crippen molar-refractivity contribution < 1.29 is 4.79 Å². The number of nitrogens with zero attached hydrogens (tertiary/aromatic N) is 2. The predicted molar refractivity (Wildman–Crippen MR) is 119 cm³/mol. The molecular weight excluding hydrogens is 386 g/mol. The molecule has 0 saturated carbocycles. The lowest BCUT2D eigenvalue weighted by Crippen LogP contribution is -2.36. The molecule has 0 aliphatic carbocycles. The van der Waals surface area contributed by atoms with E-state index in [1.165, 1.54) is 0 Å². The van der Waals surface area contributed by atoms with Gasteiger partial charge in [0.25, 0.3) is 0 Å². The summed E-state index contributed by atoms with van der Waals surface area (Å²) in [4.78, 5) is 18.8. The monoisotopic (exact) mass is 413 g/mol. The van der Waals surface area contributed by atoms with Crippen LogP contribution < -0.4 is 16.0 Å². The summed E-state index contributed by atoms with van der Waals surface area (Å²) in [7, 11) is 0. The molecule has 0 aromatic heterocycles. The van der Waals surface area contributed by atoms with Gasteiger partial charge in [-0.15, -0.1) is 0 Å². The zero-order valence-electron chi connectivity index (χ0n) is 16.7. The van der Waals surface area contributed by atoms with E-state index in [0.717, 1.165) is 55.2 Å². The van der Waals surface area contributed by atoms with Crippen molar-refractivity contribution in [3.05, 3.63) is 64.7 Å².